The summed E-state index contributed by atoms with van der Waals surface area (Å²) in [6.07, 6.45) is 5.59. The highest BCUT2D eigenvalue weighted by molar-refractivity contribution is 8.01. The predicted octanol–water partition coefficient (Wildman–Crippen LogP) is 3.36. The normalized spacial score (nSPS) is 25.8. The maximum absolute atomic E-state index is 12.6. The highest BCUT2D eigenvalue weighted by Gasteiger charge is 2.48. The zero-order valence-corrected chi connectivity index (χ0v) is 15.6. The zero-order chi connectivity index (χ0) is 17.0. The lowest BCUT2D eigenvalue weighted by molar-refractivity contribution is -0.137. The summed E-state index contributed by atoms with van der Waals surface area (Å²) in [7, 11) is 1.69. The summed E-state index contributed by atoms with van der Waals surface area (Å²) < 4.78 is 5.23. The smallest absolute Gasteiger partial charge is 0.161 e. The number of carbonyl (C=O) groups excluding carboxylic acids is 1. The average molecular weight is 349 g/mol. The topological polar surface area (TPSA) is 32.8 Å². The molecule has 2 heterocycles. The maximum atomic E-state index is 12.6. The minimum atomic E-state index is -0.378. The van der Waals surface area contributed by atoms with E-state index in [0.29, 0.717) is 5.78 Å². The number of hydrogen-bond donors (Lipinski definition) is 0. The van der Waals surface area contributed by atoms with Crippen molar-refractivity contribution in [2.45, 2.75) is 43.9 Å². The van der Waals surface area contributed by atoms with Crippen LogP contribution in [0.5, 0.6) is 5.75 Å². The fourth-order valence-electron chi connectivity index (χ4n) is 3.81. The molecule has 2 aliphatic rings. The van der Waals surface area contributed by atoms with E-state index in [0.717, 1.165) is 44.0 Å². The van der Waals surface area contributed by atoms with E-state index in [4.69, 9.17) is 4.74 Å². The van der Waals surface area contributed by atoms with Crippen LogP contribution >= 0.6 is 11.8 Å². The van der Waals surface area contributed by atoms with Crippen LogP contribution in [0.15, 0.2) is 24.3 Å². The van der Waals surface area contributed by atoms with E-state index < -0.39 is 0 Å². The number of rotatable bonds is 6. The molecule has 0 aromatic heterocycles. The Morgan fingerprint density at radius 3 is 2.50 bits per heavy atom. The first kappa shape index (κ1) is 17.8. The van der Waals surface area contributed by atoms with Gasteiger partial charge in [-0.05, 0) is 50.3 Å². The van der Waals surface area contributed by atoms with E-state index >= 15 is 0 Å². The molecule has 2 fully saturated rings. The summed E-state index contributed by atoms with van der Waals surface area (Å²) in [5.41, 5.74) is 1.27. The molecule has 132 valence electrons. The molecular formula is C19H28N2O2S. The van der Waals surface area contributed by atoms with E-state index in [1.807, 2.05) is 23.9 Å². The summed E-state index contributed by atoms with van der Waals surface area (Å²) in [4.78, 5) is 12.3. The Kier molecular flexibility index (Phi) is 5.85. The Balaban J connectivity index is 1.73. The maximum Gasteiger partial charge on any atom is 0.161 e. The Morgan fingerprint density at radius 1 is 1.17 bits per heavy atom. The molecule has 2 aliphatic heterocycles. The molecule has 0 amide bonds. The van der Waals surface area contributed by atoms with Crippen LogP contribution in [0, 0.1) is 0 Å². The number of ketones is 1. The van der Waals surface area contributed by atoms with Crippen LogP contribution in [-0.4, -0.2) is 53.2 Å². The van der Waals surface area contributed by atoms with Crippen molar-refractivity contribution in [3.63, 3.8) is 0 Å². The molecule has 3 rings (SSSR count). The molecule has 4 nitrogen and oxygen atoms in total. The number of aryl methyl sites for hydroxylation is 1. The van der Waals surface area contributed by atoms with Crippen molar-refractivity contribution in [2.24, 2.45) is 0 Å². The number of Topliss-reactive ketones (excluding diaryl/α,β-unsaturated/α-hetero) is 1. The lowest BCUT2D eigenvalue weighted by Crippen LogP contribution is -2.57. The molecule has 1 aromatic carbocycles. The van der Waals surface area contributed by atoms with Crippen LogP contribution in [0.25, 0.3) is 0 Å². The average Bonchev–Trinajstić information content (AvgIpc) is 3.06. The third-order valence-corrected chi connectivity index (χ3v) is 6.76. The van der Waals surface area contributed by atoms with Crippen LogP contribution in [0.2, 0.25) is 0 Å². The number of ether oxygens (including phenoxy) is 1. The Morgan fingerprint density at radius 2 is 1.88 bits per heavy atom. The Labute approximate surface area is 149 Å². The van der Waals surface area contributed by atoms with Gasteiger partial charge in [0.2, 0.25) is 0 Å². The lowest BCUT2D eigenvalue weighted by Gasteiger charge is -2.44. The summed E-state index contributed by atoms with van der Waals surface area (Å²) in [6, 6.07) is 8.22. The van der Waals surface area contributed by atoms with Gasteiger partial charge in [0, 0.05) is 25.4 Å². The van der Waals surface area contributed by atoms with Crippen LogP contribution in [0.1, 0.15) is 38.2 Å². The highest BCUT2D eigenvalue weighted by atomic mass is 32.2. The second kappa shape index (κ2) is 7.89. The van der Waals surface area contributed by atoms with E-state index in [9.17, 15) is 4.79 Å². The molecule has 1 unspecified atom stereocenters. The van der Waals surface area contributed by atoms with Crippen LogP contribution in [0.3, 0.4) is 0 Å². The van der Waals surface area contributed by atoms with Gasteiger partial charge in [-0.15, -0.1) is 11.8 Å². The largest absolute Gasteiger partial charge is 0.497 e. The third-order valence-electron chi connectivity index (χ3n) is 5.20. The van der Waals surface area contributed by atoms with Gasteiger partial charge in [-0.2, -0.15) is 0 Å². The van der Waals surface area contributed by atoms with Gasteiger partial charge in [-0.3, -0.25) is 4.79 Å². The number of benzene rings is 1. The second-order valence-corrected chi connectivity index (χ2v) is 8.05. The van der Waals surface area contributed by atoms with E-state index in [2.05, 4.69) is 22.2 Å². The first-order valence-corrected chi connectivity index (χ1v) is 9.95. The fraction of sp³-hybridized carbons (Fsp3) is 0.632. The van der Waals surface area contributed by atoms with Crippen molar-refractivity contribution >= 4 is 17.5 Å². The summed E-state index contributed by atoms with van der Waals surface area (Å²) in [6.45, 7) is 4.95. The number of hydrogen-bond acceptors (Lipinski definition) is 5. The van der Waals surface area contributed by atoms with Gasteiger partial charge < -0.3 is 4.74 Å². The molecule has 2 saturated heterocycles. The van der Waals surface area contributed by atoms with Crippen molar-refractivity contribution in [1.29, 1.82) is 0 Å². The van der Waals surface area contributed by atoms with Crippen molar-refractivity contribution in [3.8, 4) is 5.75 Å². The number of methoxy groups -OCH3 is 1. The quantitative estimate of drug-likeness (QED) is 0.787. The van der Waals surface area contributed by atoms with Gasteiger partial charge in [-0.1, -0.05) is 18.6 Å². The van der Waals surface area contributed by atoms with E-state index in [1.54, 1.807) is 14.0 Å². The standard InChI is InChI=1S/C19H28N2O2S/c1-16(22)19(11-10-17-6-8-18(23-2)9-7-17)21(14-15-24-19)20-12-4-3-5-13-20/h6-9H,3-5,10-15H2,1-2H3. The molecule has 0 saturated carbocycles. The number of hydrazine groups is 1. The van der Waals surface area contributed by atoms with Crippen LogP contribution in [0.4, 0.5) is 0 Å². The molecule has 0 radical (unpaired) electrons. The van der Waals surface area contributed by atoms with Gasteiger partial charge in [0.05, 0.1) is 7.11 Å². The summed E-state index contributed by atoms with van der Waals surface area (Å²) >= 11 is 1.84. The predicted molar refractivity (Wildman–Crippen MR) is 99.3 cm³/mol. The van der Waals surface area contributed by atoms with E-state index in [-0.39, 0.29) is 4.87 Å². The summed E-state index contributed by atoms with van der Waals surface area (Å²) in [5, 5.41) is 4.83. The molecule has 0 spiro atoms. The third kappa shape index (κ3) is 3.63. The molecule has 0 aliphatic carbocycles. The van der Waals surface area contributed by atoms with Crippen LogP contribution in [-0.2, 0) is 11.2 Å². The van der Waals surface area contributed by atoms with Gasteiger partial charge in [-0.25, -0.2) is 10.0 Å². The van der Waals surface area contributed by atoms with Crippen molar-refractivity contribution in [3.05, 3.63) is 29.8 Å². The number of carbonyl (C=O) groups is 1. The van der Waals surface area contributed by atoms with E-state index in [1.165, 1.54) is 24.8 Å². The monoisotopic (exact) mass is 348 g/mol. The Hall–Kier alpha value is -1.04. The summed E-state index contributed by atoms with van der Waals surface area (Å²) in [5.74, 6) is 2.22. The molecule has 24 heavy (non-hydrogen) atoms. The first-order chi connectivity index (χ1) is 11.7. The molecule has 1 aromatic rings. The van der Waals surface area contributed by atoms with Gasteiger partial charge in [0.25, 0.3) is 0 Å². The van der Waals surface area contributed by atoms with Crippen molar-refractivity contribution < 1.29 is 9.53 Å². The minimum Gasteiger partial charge on any atom is -0.497 e. The lowest BCUT2D eigenvalue weighted by atomic mass is 10.0. The van der Waals surface area contributed by atoms with Crippen LogP contribution < -0.4 is 4.74 Å². The van der Waals surface area contributed by atoms with Crippen molar-refractivity contribution in [2.75, 3.05) is 32.5 Å². The number of thioether (sulfide) groups is 1. The SMILES string of the molecule is COc1ccc(CCC2(C(C)=O)SCCN2N2CCCCC2)cc1. The Bertz CT molecular complexity index is 557. The van der Waals surface area contributed by atoms with Crippen molar-refractivity contribution in [1.82, 2.24) is 10.0 Å². The zero-order valence-electron chi connectivity index (χ0n) is 14.8. The number of piperidine rings is 1. The minimum absolute atomic E-state index is 0.295. The van der Waals surface area contributed by atoms with Gasteiger partial charge in [0.15, 0.2) is 5.78 Å². The molecular weight excluding hydrogens is 320 g/mol. The molecule has 0 bridgehead atoms. The fourth-order valence-corrected chi connectivity index (χ4v) is 5.22. The molecule has 1 atom stereocenters. The molecule has 5 heteroatoms. The first-order valence-electron chi connectivity index (χ1n) is 8.96. The highest BCUT2D eigenvalue weighted by Crippen LogP contribution is 2.42. The molecule has 0 N–H and O–H groups in total. The number of nitrogens with zero attached hydrogens (tertiary/aromatic N) is 2. The van der Waals surface area contributed by atoms with Gasteiger partial charge >= 0.3 is 0 Å². The van der Waals surface area contributed by atoms with Gasteiger partial charge in [0.1, 0.15) is 10.6 Å². The second-order valence-electron chi connectivity index (χ2n) is 6.67.